The first-order valence-corrected chi connectivity index (χ1v) is 9.76. The molecule has 0 saturated heterocycles. The van der Waals surface area contributed by atoms with Gasteiger partial charge in [0.15, 0.2) is 10.9 Å². The maximum absolute atomic E-state index is 12.8. The molecule has 13 heteroatoms. The lowest BCUT2D eigenvalue weighted by molar-refractivity contribution is -0.147. The Kier molecular flexibility index (Phi) is 6.06. The van der Waals surface area contributed by atoms with Crippen LogP contribution < -0.4 is 17.0 Å². The Morgan fingerprint density at radius 3 is 2.32 bits per heavy atom. The van der Waals surface area contributed by atoms with Gasteiger partial charge in [0.05, 0.1) is 12.3 Å². The van der Waals surface area contributed by atoms with Crippen LogP contribution in [0.1, 0.15) is 21.7 Å². The Morgan fingerprint density at radius 2 is 1.74 bits per heavy atom. The predicted molar refractivity (Wildman–Crippen MR) is 107 cm³/mol. The molecule has 1 aromatic carbocycles. The fourth-order valence-corrected chi connectivity index (χ4v) is 3.64. The van der Waals surface area contributed by atoms with Gasteiger partial charge in [-0.05, 0) is 5.56 Å². The number of anilines is 1. The normalized spacial score (nSPS) is 11.6. The van der Waals surface area contributed by atoms with Crippen LogP contribution >= 0.6 is 11.8 Å². The molecule has 0 aliphatic rings. The molecule has 31 heavy (non-hydrogen) atoms. The summed E-state index contributed by atoms with van der Waals surface area (Å²) < 4.78 is 41.1. The highest BCUT2D eigenvalue weighted by Gasteiger charge is 2.37. The monoisotopic (exact) mass is 454 g/mol. The molecule has 0 radical (unpaired) electrons. The molecular weight excluding hydrogens is 437 g/mol. The van der Waals surface area contributed by atoms with E-state index in [0.717, 1.165) is 21.7 Å². The smallest absolute Gasteiger partial charge is 0.384 e. The molecular formula is C18H17F3N6O3S. The molecule has 2 aromatic heterocycles. The molecule has 2 heterocycles. The third-order valence-corrected chi connectivity index (χ3v) is 5.49. The molecule has 0 fully saturated rings. The molecule has 0 unspecified atom stereocenters. The molecule has 9 nitrogen and oxygen atoms in total. The van der Waals surface area contributed by atoms with Crippen molar-refractivity contribution in [2.45, 2.75) is 17.9 Å². The summed E-state index contributed by atoms with van der Waals surface area (Å²) in [4.78, 5) is 37.8. The summed E-state index contributed by atoms with van der Waals surface area (Å²) >= 11 is 0.673. The Labute approximate surface area is 177 Å². The summed E-state index contributed by atoms with van der Waals surface area (Å²) in [5.74, 6) is -2.69. The third kappa shape index (κ3) is 4.40. The number of hydrogen-bond acceptors (Lipinski definition) is 7. The number of nitrogen functional groups attached to an aromatic ring is 1. The largest absolute Gasteiger partial charge is 0.451 e. The number of ketones is 1. The summed E-state index contributed by atoms with van der Waals surface area (Å²) in [5.41, 5.74) is 4.73. The van der Waals surface area contributed by atoms with E-state index in [1.807, 2.05) is 0 Å². The van der Waals surface area contributed by atoms with Crippen LogP contribution in [-0.4, -0.2) is 35.4 Å². The second kappa shape index (κ2) is 8.41. The van der Waals surface area contributed by atoms with Gasteiger partial charge in [-0.25, -0.2) is 4.79 Å². The molecule has 3 rings (SSSR count). The van der Waals surface area contributed by atoms with Crippen LogP contribution in [0.25, 0.3) is 0 Å². The first kappa shape index (κ1) is 22.3. The van der Waals surface area contributed by atoms with Gasteiger partial charge >= 0.3 is 11.9 Å². The first-order chi connectivity index (χ1) is 14.5. The Hall–Kier alpha value is -3.35. The number of nitrogens with zero attached hydrogens (tertiary/aromatic N) is 5. The summed E-state index contributed by atoms with van der Waals surface area (Å²) in [6, 6.07) is 8.81. The second-order valence-electron chi connectivity index (χ2n) is 6.55. The maximum Gasteiger partial charge on any atom is 0.451 e. The van der Waals surface area contributed by atoms with E-state index < -0.39 is 40.3 Å². The Morgan fingerprint density at radius 1 is 1.10 bits per heavy atom. The quantitative estimate of drug-likeness (QED) is 0.441. The molecule has 0 aliphatic heterocycles. The molecule has 3 aromatic rings. The number of carbonyl (C=O) groups excluding carboxylic acids is 1. The van der Waals surface area contributed by atoms with Crippen molar-refractivity contribution in [1.29, 1.82) is 0 Å². The van der Waals surface area contributed by atoms with Crippen molar-refractivity contribution in [3.63, 3.8) is 0 Å². The summed E-state index contributed by atoms with van der Waals surface area (Å²) in [6.45, 7) is 0.0330. The van der Waals surface area contributed by atoms with Gasteiger partial charge in [-0.3, -0.25) is 18.7 Å². The van der Waals surface area contributed by atoms with E-state index in [0.29, 0.717) is 16.3 Å². The maximum atomic E-state index is 12.8. The number of alkyl halides is 3. The fraction of sp³-hybridized carbons (Fsp3) is 0.278. The van der Waals surface area contributed by atoms with E-state index in [1.165, 1.54) is 7.05 Å². The molecule has 0 atom stereocenters. The number of nitrogens with two attached hydrogens (primary N) is 1. The number of hydrogen-bond donors (Lipinski definition) is 1. The number of carbonyl (C=O) groups is 1. The van der Waals surface area contributed by atoms with Crippen molar-refractivity contribution < 1.29 is 18.0 Å². The van der Waals surface area contributed by atoms with Gasteiger partial charge in [0.2, 0.25) is 5.82 Å². The van der Waals surface area contributed by atoms with Crippen molar-refractivity contribution in [3.8, 4) is 0 Å². The van der Waals surface area contributed by atoms with Gasteiger partial charge in [0.1, 0.15) is 11.4 Å². The highest BCUT2D eigenvalue weighted by atomic mass is 32.2. The highest BCUT2D eigenvalue weighted by molar-refractivity contribution is 7.99. The standard InChI is InChI=1S/C18H17F3N6O3S/c1-25-14(29)12(13(22)27(17(25)30)8-10-6-4-3-5-7-10)11(28)9-31-16-24-23-15(26(16)2)18(19,20)21/h3-7H,8-9,22H2,1-2H3. The van der Waals surface area contributed by atoms with Gasteiger partial charge in [0, 0.05) is 14.1 Å². The topological polar surface area (TPSA) is 118 Å². The van der Waals surface area contributed by atoms with Crippen LogP contribution in [-0.2, 0) is 26.8 Å². The summed E-state index contributed by atoms with van der Waals surface area (Å²) in [6.07, 6.45) is -4.70. The summed E-state index contributed by atoms with van der Waals surface area (Å²) in [7, 11) is 2.33. The van der Waals surface area contributed by atoms with Gasteiger partial charge in [-0.15, -0.1) is 10.2 Å². The van der Waals surface area contributed by atoms with Crippen LogP contribution in [0.3, 0.4) is 0 Å². The molecule has 0 saturated carbocycles. The Balaban J connectivity index is 1.92. The molecule has 0 bridgehead atoms. The van der Waals surface area contributed by atoms with Crippen molar-refractivity contribution in [2.75, 3.05) is 11.5 Å². The number of benzene rings is 1. The number of thioether (sulfide) groups is 1. The van der Waals surface area contributed by atoms with Crippen LogP contribution in [0.4, 0.5) is 19.0 Å². The zero-order valence-electron chi connectivity index (χ0n) is 16.4. The lowest BCUT2D eigenvalue weighted by atomic mass is 10.2. The minimum atomic E-state index is -4.70. The van der Waals surface area contributed by atoms with E-state index in [9.17, 15) is 27.6 Å². The first-order valence-electron chi connectivity index (χ1n) is 8.78. The van der Waals surface area contributed by atoms with Gasteiger partial charge in [0.25, 0.3) is 5.56 Å². The van der Waals surface area contributed by atoms with Crippen molar-refractivity contribution in [1.82, 2.24) is 23.9 Å². The molecule has 0 amide bonds. The molecule has 2 N–H and O–H groups in total. The van der Waals surface area contributed by atoms with E-state index in [1.54, 1.807) is 30.3 Å². The second-order valence-corrected chi connectivity index (χ2v) is 7.50. The predicted octanol–water partition coefficient (Wildman–Crippen LogP) is 1.30. The fourth-order valence-electron chi connectivity index (χ4n) is 2.85. The number of Topliss-reactive ketones (excluding diaryl/α,β-unsaturated/α-hetero) is 1. The third-order valence-electron chi connectivity index (χ3n) is 4.47. The molecule has 164 valence electrons. The number of rotatable bonds is 6. The van der Waals surface area contributed by atoms with Gasteiger partial charge in [-0.1, -0.05) is 42.1 Å². The van der Waals surface area contributed by atoms with Crippen molar-refractivity contribution in [3.05, 3.63) is 68.1 Å². The van der Waals surface area contributed by atoms with Crippen LogP contribution in [0.5, 0.6) is 0 Å². The summed E-state index contributed by atoms with van der Waals surface area (Å²) in [5, 5.41) is 6.35. The van der Waals surface area contributed by atoms with Crippen LogP contribution in [0.2, 0.25) is 0 Å². The average molecular weight is 454 g/mol. The minimum absolute atomic E-state index is 0.0330. The number of aromatic nitrogens is 5. The minimum Gasteiger partial charge on any atom is -0.384 e. The SMILES string of the molecule is Cn1c(SCC(=O)c2c(N)n(Cc3ccccc3)c(=O)n(C)c2=O)nnc1C(F)(F)F. The van der Waals surface area contributed by atoms with E-state index in [4.69, 9.17) is 5.73 Å². The lowest BCUT2D eigenvalue weighted by Crippen LogP contribution is -2.43. The molecule has 0 spiro atoms. The number of halogens is 3. The van der Waals surface area contributed by atoms with E-state index in [2.05, 4.69) is 10.2 Å². The van der Waals surface area contributed by atoms with Crippen LogP contribution in [0, 0.1) is 0 Å². The Bertz CT molecular complexity index is 1250. The van der Waals surface area contributed by atoms with E-state index >= 15 is 0 Å². The zero-order valence-corrected chi connectivity index (χ0v) is 17.2. The van der Waals surface area contributed by atoms with Gasteiger partial charge in [-0.2, -0.15) is 13.2 Å². The van der Waals surface area contributed by atoms with Crippen LogP contribution in [0.15, 0.2) is 45.1 Å². The van der Waals surface area contributed by atoms with E-state index in [-0.39, 0.29) is 17.5 Å². The average Bonchev–Trinajstić information content (AvgIpc) is 3.10. The van der Waals surface area contributed by atoms with Crippen molar-refractivity contribution >= 4 is 23.4 Å². The molecule has 0 aliphatic carbocycles. The lowest BCUT2D eigenvalue weighted by Gasteiger charge is -2.14. The zero-order chi connectivity index (χ0) is 22.9. The highest BCUT2D eigenvalue weighted by Crippen LogP contribution is 2.29. The van der Waals surface area contributed by atoms with Crippen molar-refractivity contribution in [2.24, 2.45) is 14.1 Å². The van der Waals surface area contributed by atoms with Gasteiger partial charge < -0.3 is 10.3 Å².